The molecule has 1 unspecified atom stereocenters. The van der Waals surface area contributed by atoms with Crippen molar-refractivity contribution in [3.8, 4) is 11.1 Å². The molecule has 1 atom stereocenters. The molecule has 0 bridgehead atoms. The monoisotopic (exact) mass is 392 g/mol. The Kier molecular flexibility index (Phi) is 6.50. The summed E-state index contributed by atoms with van der Waals surface area (Å²) in [4.78, 5) is 24.4. The van der Waals surface area contributed by atoms with E-state index in [1.54, 1.807) is 12.1 Å². The molecule has 3 aromatic carbocycles. The van der Waals surface area contributed by atoms with Gasteiger partial charge in [0.05, 0.1) is 5.92 Å². The second kappa shape index (κ2) is 9.24. The van der Waals surface area contributed by atoms with Gasteiger partial charge in [0.25, 0.3) is 0 Å². The van der Waals surface area contributed by atoms with Crippen LogP contribution in [0.4, 0.5) is 0 Å². The second-order valence-electron chi connectivity index (χ2n) is 6.35. The lowest BCUT2D eigenvalue weighted by Crippen LogP contribution is -2.14. The van der Waals surface area contributed by atoms with Crippen LogP contribution in [0.25, 0.3) is 11.1 Å². The fourth-order valence-corrected chi connectivity index (χ4v) is 4.02. The highest BCUT2D eigenvalue weighted by Gasteiger charge is 2.23. The highest BCUT2D eigenvalue weighted by atomic mass is 32.2. The molecule has 0 aliphatic carbocycles. The van der Waals surface area contributed by atoms with E-state index in [4.69, 9.17) is 5.11 Å². The third-order valence-electron chi connectivity index (χ3n) is 4.43. The maximum atomic E-state index is 11.7. The van der Waals surface area contributed by atoms with Crippen molar-refractivity contribution in [3.63, 3.8) is 0 Å². The van der Waals surface area contributed by atoms with E-state index in [2.05, 4.69) is 12.1 Å². The molecule has 4 nitrogen and oxygen atoms in total. The minimum Gasteiger partial charge on any atom is -0.481 e. The van der Waals surface area contributed by atoms with E-state index in [1.165, 1.54) is 11.8 Å². The maximum Gasteiger partial charge on any atom is 0.311 e. The normalized spacial score (nSPS) is 11.7. The van der Waals surface area contributed by atoms with Crippen molar-refractivity contribution in [1.82, 2.24) is 0 Å². The van der Waals surface area contributed by atoms with Gasteiger partial charge in [-0.3, -0.25) is 9.59 Å². The van der Waals surface area contributed by atoms with E-state index in [-0.39, 0.29) is 12.8 Å². The average Bonchev–Trinajstić information content (AvgIpc) is 2.70. The molecule has 28 heavy (non-hydrogen) atoms. The Hall–Kier alpha value is -3.05. The van der Waals surface area contributed by atoms with E-state index in [0.717, 1.165) is 20.9 Å². The first-order valence-corrected chi connectivity index (χ1v) is 9.73. The number of carboxylic acids is 2. The highest BCUT2D eigenvalue weighted by Crippen LogP contribution is 2.36. The number of benzene rings is 3. The van der Waals surface area contributed by atoms with Gasteiger partial charge >= 0.3 is 11.9 Å². The Morgan fingerprint density at radius 3 is 2.04 bits per heavy atom. The zero-order valence-corrected chi connectivity index (χ0v) is 15.9. The van der Waals surface area contributed by atoms with Crippen LogP contribution in [0.3, 0.4) is 0 Å². The van der Waals surface area contributed by atoms with Crippen molar-refractivity contribution in [2.75, 3.05) is 0 Å². The molecular weight excluding hydrogens is 372 g/mol. The van der Waals surface area contributed by atoms with E-state index in [9.17, 15) is 14.7 Å². The Labute approximate surface area is 167 Å². The van der Waals surface area contributed by atoms with E-state index in [1.807, 2.05) is 54.6 Å². The average molecular weight is 392 g/mol. The number of hydrogen-bond acceptors (Lipinski definition) is 3. The zero-order chi connectivity index (χ0) is 19.9. The summed E-state index contributed by atoms with van der Waals surface area (Å²) in [6, 6.07) is 25.5. The smallest absolute Gasteiger partial charge is 0.311 e. The molecular formula is C23H20O4S. The molecule has 0 heterocycles. The largest absolute Gasteiger partial charge is 0.481 e. The summed E-state index contributed by atoms with van der Waals surface area (Å²) in [6.07, 6.45) is -0.114. The number of carbonyl (C=O) groups is 2. The first kappa shape index (κ1) is 19.7. The van der Waals surface area contributed by atoms with Gasteiger partial charge in [-0.25, -0.2) is 0 Å². The molecule has 0 aliphatic rings. The Balaban J connectivity index is 1.83. The van der Waals surface area contributed by atoms with Crippen LogP contribution < -0.4 is 0 Å². The summed E-state index contributed by atoms with van der Waals surface area (Å²) in [5, 5.41) is 18.5. The third kappa shape index (κ3) is 5.02. The van der Waals surface area contributed by atoms with Crippen LogP contribution in [0.15, 0.2) is 88.7 Å². The molecule has 0 radical (unpaired) electrons. The number of carboxylic acid groups (broad SMARTS) is 2. The van der Waals surface area contributed by atoms with Crippen molar-refractivity contribution >= 4 is 23.7 Å². The number of aliphatic carboxylic acids is 2. The van der Waals surface area contributed by atoms with Gasteiger partial charge in [0.1, 0.15) is 0 Å². The first-order valence-electron chi connectivity index (χ1n) is 8.91. The Morgan fingerprint density at radius 2 is 1.39 bits per heavy atom. The highest BCUT2D eigenvalue weighted by molar-refractivity contribution is 7.99. The van der Waals surface area contributed by atoms with Crippen LogP contribution in [-0.2, 0) is 9.59 Å². The summed E-state index contributed by atoms with van der Waals surface area (Å²) < 4.78 is 0. The second-order valence-corrected chi connectivity index (χ2v) is 7.47. The molecule has 0 spiro atoms. The van der Waals surface area contributed by atoms with Crippen molar-refractivity contribution < 1.29 is 19.8 Å². The van der Waals surface area contributed by atoms with Crippen LogP contribution in [0.2, 0.25) is 0 Å². The molecule has 142 valence electrons. The standard InChI is InChI=1S/C23H20O4S/c24-22(25)15-14-20(23(26)27)19-8-4-5-9-21(19)28-18-12-10-17(11-13-18)16-6-2-1-3-7-16/h1-13,20H,14-15H2,(H,24,25)(H,26,27). The van der Waals surface area contributed by atoms with Gasteiger partial charge in [-0.15, -0.1) is 0 Å². The molecule has 0 fully saturated rings. The van der Waals surface area contributed by atoms with Gasteiger partial charge in [0, 0.05) is 16.2 Å². The van der Waals surface area contributed by atoms with E-state index < -0.39 is 17.9 Å². The third-order valence-corrected chi connectivity index (χ3v) is 5.53. The summed E-state index contributed by atoms with van der Waals surface area (Å²) in [7, 11) is 0. The van der Waals surface area contributed by atoms with Gasteiger partial charge in [0.2, 0.25) is 0 Å². The molecule has 3 aromatic rings. The summed E-state index contributed by atoms with van der Waals surface area (Å²) >= 11 is 1.49. The van der Waals surface area contributed by atoms with Gasteiger partial charge in [-0.05, 0) is 41.3 Å². The van der Waals surface area contributed by atoms with Crippen molar-refractivity contribution in [3.05, 3.63) is 84.4 Å². The zero-order valence-electron chi connectivity index (χ0n) is 15.1. The van der Waals surface area contributed by atoms with Gasteiger partial charge in [0.15, 0.2) is 0 Å². The summed E-state index contributed by atoms with van der Waals surface area (Å²) in [5.74, 6) is -2.84. The molecule has 0 saturated heterocycles. The van der Waals surface area contributed by atoms with Crippen molar-refractivity contribution in [2.24, 2.45) is 0 Å². The summed E-state index contributed by atoms with van der Waals surface area (Å²) in [6.45, 7) is 0. The van der Waals surface area contributed by atoms with Gasteiger partial charge < -0.3 is 10.2 Å². The van der Waals surface area contributed by atoms with E-state index in [0.29, 0.717) is 5.56 Å². The molecule has 3 rings (SSSR count). The molecule has 0 amide bonds. The van der Waals surface area contributed by atoms with E-state index >= 15 is 0 Å². The topological polar surface area (TPSA) is 74.6 Å². The lowest BCUT2D eigenvalue weighted by atomic mass is 9.94. The van der Waals surface area contributed by atoms with Gasteiger partial charge in [-0.2, -0.15) is 0 Å². The van der Waals surface area contributed by atoms with Crippen LogP contribution in [-0.4, -0.2) is 22.2 Å². The fraction of sp³-hybridized carbons (Fsp3) is 0.130. The molecule has 0 aromatic heterocycles. The molecule has 2 N–H and O–H groups in total. The SMILES string of the molecule is O=C(O)CCC(C(=O)O)c1ccccc1Sc1ccc(-c2ccccc2)cc1. The molecule has 0 saturated carbocycles. The Morgan fingerprint density at radius 1 is 0.786 bits per heavy atom. The van der Waals surface area contributed by atoms with Gasteiger partial charge in [-0.1, -0.05) is 72.4 Å². The van der Waals surface area contributed by atoms with Crippen LogP contribution in [0, 0.1) is 0 Å². The summed E-state index contributed by atoms with van der Waals surface area (Å²) in [5.41, 5.74) is 2.90. The predicted molar refractivity (Wildman–Crippen MR) is 110 cm³/mol. The fourth-order valence-electron chi connectivity index (χ4n) is 3.01. The van der Waals surface area contributed by atoms with Crippen LogP contribution >= 0.6 is 11.8 Å². The minimum absolute atomic E-state index is 0.0647. The predicted octanol–water partition coefficient (Wildman–Crippen LogP) is 5.54. The Bertz CT molecular complexity index is 952. The van der Waals surface area contributed by atoms with Crippen LogP contribution in [0.5, 0.6) is 0 Å². The maximum absolute atomic E-state index is 11.7. The van der Waals surface area contributed by atoms with Crippen molar-refractivity contribution in [2.45, 2.75) is 28.6 Å². The molecule has 5 heteroatoms. The lowest BCUT2D eigenvalue weighted by molar-refractivity contribution is -0.140. The quantitative estimate of drug-likeness (QED) is 0.527. The minimum atomic E-state index is -1.01. The number of hydrogen-bond donors (Lipinski definition) is 2. The van der Waals surface area contributed by atoms with Crippen LogP contribution in [0.1, 0.15) is 24.3 Å². The lowest BCUT2D eigenvalue weighted by Gasteiger charge is -2.16. The first-order chi connectivity index (χ1) is 13.5. The number of rotatable bonds is 8. The van der Waals surface area contributed by atoms with Crippen molar-refractivity contribution in [1.29, 1.82) is 0 Å². The molecule has 0 aliphatic heterocycles.